The van der Waals surface area contributed by atoms with E-state index in [2.05, 4.69) is 46.4 Å². The molecule has 0 N–H and O–H groups in total. The molecule has 0 aliphatic carbocycles. The van der Waals surface area contributed by atoms with Crippen molar-refractivity contribution in [3.8, 4) is 0 Å². The predicted molar refractivity (Wildman–Crippen MR) is 123 cm³/mol. The standard InChI is InChI=1S/C25H27N5O3/c1-17-3-5-20(6-4-17)23-15-30-22(16-33-23)24(26-27-30)25(32)29-13-11-28(12-14-29)21-9-7-19(8-10-21)18(2)31/h3-10,23H,11-16H2,1-2H3/t23-/m0/s1. The Balaban J connectivity index is 1.23. The Bertz CT molecular complexity index is 1160. The molecule has 1 amide bonds. The molecule has 0 unspecified atom stereocenters. The average Bonchev–Trinajstić information content (AvgIpc) is 3.27. The Kier molecular flexibility index (Phi) is 5.68. The highest BCUT2D eigenvalue weighted by molar-refractivity contribution is 5.94. The fourth-order valence-electron chi connectivity index (χ4n) is 4.38. The number of amides is 1. The fraction of sp³-hybridized carbons (Fsp3) is 0.360. The number of nitrogens with zero attached hydrogens (tertiary/aromatic N) is 5. The third kappa shape index (κ3) is 4.26. The quantitative estimate of drug-likeness (QED) is 0.575. The van der Waals surface area contributed by atoms with Gasteiger partial charge in [-0.15, -0.1) is 5.10 Å². The molecule has 3 aromatic rings. The summed E-state index contributed by atoms with van der Waals surface area (Å²) in [4.78, 5) is 28.7. The Morgan fingerprint density at radius 3 is 2.33 bits per heavy atom. The lowest BCUT2D eigenvalue weighted by atomic mass is 10.1. The maximum atomic E-state index is 13.2. The Hall–Kier alpha value is -3.52. The molecule has 3 heterocycles. The summed E-state index contributed by atoms with van der Waals surface area (Å²) in [6, 6.07) is 15.9. The highest BCUT2D eigenvalue weighted by Crippen LogP contribution is 2.28. The number of carbonyl (C=O) groups is 2. The van der Waals surface area contributed by atoms with Crippen LogP contribution in [0.2, 0.25) is 0 Å². The maximum absolute atomic E-state index is 13.2. The number of benzene rings is 2. The van der Waals surface area contributed by atoms with Crippen LogP contribution >= 0.6 is 0 Å². The van der Waals surface area contributed by atoms with Crippen molar-refractivity contribution in [1.82, 2.24) is 19.9 Å². The average molecular weight is 446 g/mol. The first-order valence-corrected chi connectivity index (χ1v) is 11.3. The van der Waals surface area contributed by atoms with Gasteiger partial charge in [-0.3, -0.25) is 9.59 Å². The van der Waals surface area contributed by atoms with Crippen LogP contribution in [0.15, 0.2) is 48.5 Å². The van der Waals surface area contributed by atoms with Crippen molar-refractivity contribution < 1.29 is 14.3 Å². The zero-order valence-electron chi connectivity index (χ0n) is 18.9. The molecular weight excluding hydrogens is 418 g/mol. The van der Waals surface area contributed by atoms with Crippen LogP contribution in [0, 0.1) is 6.92 Å². The van der Waals surface area contributed by atoms with Crippen LogP contribution in [0.4, 0.5) is 5.69 Å². The molecule has 8 heteroatoms. The van der Waals surface area contributed by atoms with E-state index in [1.807, 2.05) is 29.2 Å². The predicted octanol–water partition coefficient (Wildman–Crippen LogP) is 3.02. The Labute approximate surface area is 192 Å². The summed E-state index contributed by atoms with van der Waals surface area (Å²) in [7, 11) is 0. The highest BCUT2D eigenvalue weighted by Gasteiger charge is 2.31. The number of hydrogen-bond acceptors (Lipinski definition) is 6. The third-order valence-electron chi connectivity index (χ3n) is 6.46. The number of ketones is 1. The van der Waals surface area contributed by atoms with Gasteiger partial charge in [-0.2, -0.15) is 0 Å². The van der Waals surface area contributed by atoms with Gasteiger partial charge in [0.2, 0.25) is 0 Å². The molecule has 0 bridgehead atoms. The molecule has 5 rings (SSSR count). The summed E-state index contributed by atoms with van der Waals surface area (Å²) in [5.74, 6) is -0.0386. The van der Waals surface area contributed by atoms with Crippen LogP contribution in [-0.4, -0.2) is 57.8 Å². The van der Waals surface area contributed by atoms with Crippen molar-refractivity contribution in [2.75, 3.05) is 31.1 Å². The largest absolute Gasteiger partial charge is 0.368 e. The Morgan fingerprint density at radius 2 is 1.67 bits per heavy atom. The molecule has 2 aromatic carbocycles. The Morgan fingerprint density at radius 1 is 0.970 bits per heavy atom. The molecule has 1 fully saturated rings. The van der Waals surface area contributed by atoms with Crippen LogP contribution in [0.1, 0.15) is 50.7 Å². The SMILES string of the molecule is CC(=O)c1ccc(N2CCN(C(=O)c3nnn4c3CO[C@H](c3ccc(C)cc3)C4)CC2)cc1. The van der Waals surface area contributed by atoms with Crippen LogP contribution in [0.3, 0.4) is 0 Å². The normalized spacial score (nSPS) is 18.2. The van der Waals surface area contributed by atoms with E-state index in [-0.39, 0.29) is 17.8 Å². The van der Waals surface area contributed by atoms with Gasteiger partial charge in [0.15, 0.2) is 11.5 Å². The smallest absolute Gasteiger partial charge is 0.276 e. The van der Waals surface area contributed by atoms with E-state index in [4.69, 9.17) is 4.74 Å². The minimum atomic E-state index is -0.0970. The summed E-state index contributed by atoms with van der Waals surface area (Å²) in [5.41, 5.74) is 5.20. The van der Waals surface area contributed by atoms with Crippen molar-refractivity contribution in [2.45, 2.75) is 33.1 Å². The van der Waals surface area contributed by atoms with E-state index >= 15 is 0 Å². The molecule has 8 nitrogen and oxygen atoms in total. The fourth-order valence-corrected chi connectivity index (χ4v) is 4.38. The van der Waals surface area contributed by atoms with Crippen LogP contribution in [0.25, 0.3) is 0 Å². The number of aromatic nitrogens is 3. The van der Waals surface area contributed by atoms with Crippen molar-refractivity contribution in [1.29, 1.82) is 0 Å². The molecular formula is C25H27N5O3. The first-order valence-electron chi connectivity index (χ1n) is 11.3. The molecule has 0 spiro atoms. The van der Waals surface area contributed by atoms with Crippen molar-refractivity contribution >= 4 is 17.4 Å². The number of carbonyl (C=O) groups excluding carboxylic acids is 2. The molecule has 170 valence electrons. The zero-order valence-corrected chi connectivity index (χ0v) is 18.9. The number of Topliss-reactive ketones (excluding diaryl/α,β-unsaturated/α-hetero) is 1. The first-order chi connectivity index (χ1) is 16.0. The summed E-state index contributed by atoms with van der Waals surface area (Å²) < 4.78 is 7.86. The van der Waals surface area contributed by atoms with E-state index in [0.29, 0.717) is 37.5 Å². The van der Waals surface area contributed by atoms with E-state index in [9.17, 15) is 9.59 Å². The lowest BCUT2D eigenvalue weighted by molar-refractivity contribution is -0.00196. The number of fused-ring (bicyclic) bond motifs is 1. The number of aryl methyl sites for hydroxylation is 1. The molecule has 2 aliphatic heterocycles. The summed E-state index contributed by atoms with van der Waals surface area (Å²) >= 11 is 0. The molecule has 1 aromatic heterocycles. The van der Waals surface area contributed by atoms with Crippen molar-refractivity contribution in [3.63, 3.8) is 0 Å². The van der Waals surface area contributed by atoms with Crippen LogP contribution in [0.5, 0.6) is 0 Å². The van der Waals surface area contributed by atoms with Gasteiger partial charge in [0, 0.05) is 37.4 Å². The van der Waals surface area contributed by atoms with Crippen LogP contribution < -0.4 is 4.90 Å². The van der Waals surface area contributed by atoms with Gasteiger partial charge < -0.3 is 14.5 Å². The first kappa shape index (κ1) is 21.3. The minimum Gasteiger partial charge on any atom is -0.368 e. The van der Waals surface area contributed by atoms with Gasteiger partial charge in [-0.25, -0.2) is 4.68 Å². The lowest BCUT2D eigenvalue weighted by Crippen LogP contribution is -2.49. The van der Waals surface area contributed by atoms with Gasteiger partial charge in [-0.05, 0) is 43.7 Å². The summed E-state index contributed by atoms with van der Waals surface area (Å²) in [5, 5.41) is 8.47. The number of rotatable bonds is 4. The maximum Gasteiger partial charge on any atom is 0.276 e. The highest BCUT2D eigenvalue weighted by atomic mass is 16.5. The number of piperazine rings is 1. The van der Waals surface area contributed by atoms with Gasteiger partial charge in [0.05, 0.1) is 18.8 Å². The van der Waals surface area contributed by atoms with E-state index in [1.54, 1.807) is 11.6 Å². The third-order valence-corrected chi connectivity index (χ3v) is 6.46. The second kappa shape index (κ2) is 8.78. The molecule has 1 atom stereocenters. The van der Waals surface area contributed by atoms with Gasteiger partial charge in [-0.1, -0.05) is 35.0 Å². The van der Waals surface area contributed by atoms with E-state index in [0.717, 1.165) is 30.0 Å². The molecule has 0 saturated carbocycles. The number of hydrogen-bond donors (Lipinski definition) is 0. The van der Waals surface area contributed by atoms with Gasteiger partial charge in [0.25, 0.3) is 5.91 Å². The van der Waals surface area contributed by atoms with Crippen LogP contribution in [-0.2, 0) is 17.9 Å². The summed E-state index contributed by atoms with van der Waals surface area (Å²) in [6.07, 6.45) is -0.0966. The molecule has 2 aliphatic rings. The zero-order chi connectivity index (χ0) is 22.9. The molecule has 0 radical (unpaired) electrons. The monoisotopic (exact) mass is 445 g/mol. The summed E-state index contributed by atoms with van der Waals surface area (Å²) in [6.45, 7) is 7.14. The lowest BCUT2D eigenvalue weighted by Gasteiger charge is -2.36. The minimum absolute atomic E-state index is 0.0585. The molecule has 1 saturated heterocycles. The van der Waals surface area contributed by atoms with E-state index < -0.39 is 0 Å². The second-order valence-electron chi connectivity index (χ2n) is 8.66. The van der Waals surface area contributed by atoms with E-state index in [1.165, 1.54) is 5.56 Å². The second-order valence-corrected chi connectivity index (χ2v) is 8.66. The van der Waals surface area contributed by atoms with Gasteiger partial charge >= 0.3 is 0 Å². The van der Waals surface area contributed by atoms with Crippen molar-refractivity contribution in [2.24, 2.45) is 0 Å². The topological polar surface area (TPSA) is 80.6 Å². The van der Waals surface area contributed by atoms with Gasteiger partial charge in [0.1, 0.15) is 6.10 Å². The molecule has 33 heavy (non-hydrogen) atoms. The number of ether oxygens (including phenoxy) is 1. The van der Waals surface area contributed by atoms with Crippen molar-refractivity contribution in [3.05, 3.63) is 76.6 Å². The number of anilines is 1.